The van der Waals surface area contributed by atoms with Crippen LogP contribution in [0.2, 0.25) is 0 Å². The molecule has 0 radical (unpaired) electrons. The van der Waals surface area contributed by atoms with Crippen molar-refractivity contribution < 1.29 is 9.59 Å². The second-order valence-electron chi connectivity index (χ2n) is 6.89. The second kappa shape index (κ2) is 7.61. The van der Waals surface area contributed by atoms with E-state index in [2.05, 4.69) is 33.1 Å². The number of pyridine rings is 1. The predicted molar refractivity (Wildman–Crippen MR) is 103 cm³/mol. The Bertz CT molecular complexity index is 951. The summed E-state index contributed by atoms with van der Waals surface area (Å²) < 4.78 is 2.13. The second-order valence-corrected chi connectivity index (χ2v) is 6.89. The number of hydrogen-bond donors (Lipinski definition) is 1. The third-order valence-corrected chi connectivity index (χ3v) is 5.04. The van der Waals surface area contributed by atoms with Gasteiger partial charge >= 0.3 is 0 Å². The van der Waals surface area contributed by atoms with Crippen LogP contribution in [-0.4, -0.2) is 39.4 Å². The minimum atomic E-state index is -0.277. The van der Waals surface area contributed by atoms with Crippen molar-refractivity contribution in [2.75, 3.05) is 13.1 Å². The van der Waals surface area contributed by atoms with Crippen LogP contribution in [0.25, 0.3) is 10.9 Å². The topological polar surface area (TPSA) is 67.2 Å². The van der Waals surface area contributed by atoms with Crippen molar-refractivity contribution in [2.45, 2.75) is 19.5 Å². The van der Waals surface area contributed by atoms with Crippen LogP contribution in [0.3, 0.4) is 0 Å². The van der Waals surface area contributed by atoms with Gasteiger partial charge in [0.15, 0.2) is 0 Å². The van der Waals surface area contributed by atoms with Crippen LogP contribution in [0.5, 0.6) is 0 Å². The van der Waals surface area contributed by atoms with Gasteiger partial charge in [-0.2, -0.15) is 0 Å². The van der Waals surface area contributed by atoms with E-state index in [1.807, 2.05) is 30.5 Å². The molecule has 6 nitrogen and oxygen atoms in total. The summed E-state index contributed by atoms with van der Waals surface area (Å²) in [4.78, 5) is 30.4. The monoisotopic (exact) mass is 362 g/mol. The van der Waals surface area contributed by atoms with Gasteiger partial charge < -0.3 is 14.8 Å². The van der Waals surface area contributed by atoms with E-state index >= 15 is 0 Å². The van der Waals surface area contributed by atoms with Gasteiger partial charge in [0.05, 0.1) is 5.92 Å². The first-order valence-electron chi connectivity index (χ1n) is 9.19. The Kier molecular flexibility index (Phi) is 4.87. The van der Waals surface area contributed by atoms with Crippen LogP contribution in [-0.2, 0) is 22.7 Å². The first-order chi connectivity index (χ1) is 13.2. The van der Waals surface area contributed by atoms with Gasteiger partial charge in [0, 0.05) is 56.7 Å². The molecule has 1 aliphatic heterocycles. The van der Waals surface area contributed by atoms with Gasteiger partial charge in [-0.05, 0) is 35.2 Å². The van der Waals surface area contributed by atoms with E-state index in [9.17, 15) is 9.59 Å². The molecule has 1 atom stereocenters. The molecule has 3 aromatic rings. The number of para-hydroxylation sites is 1. The first kappa shape index (κ1) is 17.3. The van der Waals surface area contributed by atoms with E-state index in [-0.39, 0.29) is 24.2 Å². The van der Waals surface area contributed by atoms with E-state index in [0.717, 1.165) is 11.1 Å². The molecule has 1 aromatic carbocycles. The Hall–Kier alpha value is -3.15. The lowest BCUT2D eigenvalue weighted by Gasteiger charge is -2.16. The molecule has 4 rings (SSSR count). The van der Waals surface area contributed by atoms with Crippen molar-refractivity contribution in [3.05, 3.63) is 66.6 Å². The molecule has 1 saturated heterocycles. The fourth-order valence-electron chi connectivity index (χ4n) is 3.59. The Balaban J connectivity index is 1.29. The normalized spacial score (nSPS) is 16.8. The standard InChI is InChI=1S/C21H22N4O2/c26-20-13-18(15-25(20)14-16-5-8-22-9-6-16)21(27)23-10-12-24-11-7-17-3-1-2-4-19(17)24/h1-9,11,18H,10,12-15H2,(H,23,27). The van der Waals surface area contributed by atoms with Gasteiger partial charge in [-0.3, -0.25) is 14.6 Å². The van der Waals surface area contributed by atoms with Gasteiger partial charge in [-0.25, -0.2) is 0 Å². The molecule has 6 heteroatoms. The molecule has 27 heavy (non-hydrogen) atoms. The van der Waals surface area contributed by atoms with Gasteiger partial charge in [0.1, 0.15) is 0 Å². The molecule has 0 bridgehead atoms. The summed E-state index contributed by atoms with van der Waals surface area (Å²) in [6.45, 7) is 2.26. The lowest BCUT2D eigenvalue weighted by molar-refractivity contribution is -0.129. The minimum Gasteiger partial charge on any atom is -0.354 e. The smallest absolute Gasteiger partial charge is 0.225 e. The number of carbonyl (C=O) groups excluding carboxylic acids is 2. The average molecular weight is 362 g/mol. The molecule has 2 amide bonds. The Morgan fingerprint density at radius 1 is 1.15 bits per heavy atom. The van der Waals surface area contributed by atoms with Crippen molar-refractivity contribution in [1.29, 1.82) is 0 Å². The molecule has 1 fully saturated rings. The summed E-state index contributed by atoms with van der Waals surface area (Å²) in [5.74, 6) is -0.291. The van der Waals surface area contributed by atoms with E-state index in [4.69, 9.17) is 0 Å². The molecule has 1 N–H and O–H groups in total. The molecular weight excluding hydrogens is 340 g/mol. The zero-order valence-corrected chi connectivity index (χ0v) is 15.0. The zero-order chi connectivity index (χ0) is 18.6. The summed E-state index contributed by atoms with van der Waals surface area (Å²) in [7, 11) is 0. The Morgan fingerprint density at radius 3 is 2.81 bits per heavy atom. The summed E-state index contributed by atoms with van der Waals surface area (Å²) >= 11 is 0. The molecular formula is C21H22N4O2. The Labute approximate surface area is 157 Å². The van der Waals surface area contributed by atoms with Gasteiger partial charge in [0.2, 0.25) is 11.8 Å². The van der Waals surface area contributed by atoms with E-state index in [1.165, 1.54) is 5.39 Å². The van der Waals surface area contributed by atoms with E-state index in [0.29, 0.717) is 26.2 Å². The summed E-state index contributed by atoms with van der Waals surface area (Å²) in [5.41, 5.74) is 2.19. The molecule has 138 valence electrons. The number of likely N-dealkylation sites (tertiary alicyclic amines) is 1. The first-order valence-corrected chi connectivity index (χ1v) is 9.19. The number of benzene rings is 1. The molecule has 1 unspecified atom stereocenters. The number of rotatable bonds is 6. The van der Waals surface area contributed by atoms with Crippen LogP contribution in [0.4, 0.5) is 0 Å². The predicted octanol–water partition coefficient (Wildman–Crippen LogP) is 2.20. The van der Waals surface area contributed by atoms with Crippen molar-refractivity contribution in [2.24, 2.45) is 5.92 Å². The summed E-state index contributed by atoms with van der Waals surface area (Å²) in [5, 5.41) is 4.18. The van der Waals surface area contributed by atoms with Crippen LogP contribution in [0.15, 0.2) is 61.1 Å². The van der Waals surface area contributed by atoms with Crippen LogP contribution in [0, 0.1) is 5.92 Å². The minimum absolute atomic E-state index is 0.0309. The molecule has 1 aliphatic rings. The van der Waals surface area contributed by atoms with E-state index < -0.39 is 0 Å². The number of aromatic nitrogens is 2. The highest BCUT2D eigenvalue weighted by molar-refractivity contribution is 5.89. The largest absolute Gasteiger partial charge is 0.354 e. The number of carbonyl (C=O) groups is 2. The van der Waals surface area contributed by atoms with Crippen molar-refractivity contribution in [1.82, 2.24) is 19.8 Å². The van der Waals surface area contributed by atoms with Crippen LogP contribution in [0.1, 0.15) is 12.0 Å². The molecule has 2 aromatic heterocycles. The molecule has 0 aliphatic carbocycles. The molecule has 0 saturated carbocycles. The molecule has 3 heterocycles. The third-order valence-electron chi connectivity index (χ3n) is 5.04. The van der Waals surface area contributed by atoms with Crippen LogP contribution < -0.4 is 5.32 Å². The number of nitrogens with zero attached hydrogens (tertiary/aromatic N) is 3. The SMILES string of the molecule is O=C(NCCn1ccc2ccccc21)C1CC(=O)N(Cc2ccncc2)C1. The van der Waals surface area contributed by atoms with Crippen molar-refractivity contribution in [3.63, 3.8) is 0 Å². The maximum absolute atomic E-state index is 12.5. The van der Waals surface area contributed by atoms with Crippen molar-refractivity contribution >= 4 is 22.7 Å². The zero-order valence-electron chi connectivity index (χ0n) is 15.0. The lowest BCUT2D eigenvalue weighted by atomic mass is 10.1. The molecule has 0 spiro atoms. The summed E-state index contributed by atoms with van der Waals surface area (Å²) in [6.07, 6.45) is 5.74. The van der Waals surface area contributed by atoms with E-state index in [1.54, 1.807) is 17.3 Å². The fourth-order valence-corrected chi connectivity index (χ4v) is 3.59. The van der Waals surface area contributed by atoms with Gasteiger partial charge in [-0.15, -0.1) is 0 Å². The van der Waals surface area contributed by atoms with Crippen LogP contribution >= 0.6 is 0 Å². The quantitative estimate of drug-likeness (QED) is 0.731. The lowest BCUT2D eigenvalue weighted by Crippen LogP contribution is -2.34. The highest BCUT2D eigenvalue weighted by Crippen LogP contribution is 2.20. The maximum atomic E-state index is 12.5. The highest BCUT2D eigenvalue weighted by atomic mass is 16.2. The van der Waals surface area contributed by atoms with Crippen molar-refractivity contribution in [3.8, 4) is 0 Å². The third kappa shape index (κ3) is 3.84. The number of hydrogen-bond acceptors (Lipinski definition) is 3. The fraction of sp³-hybridized carbons (Fsp3) is 0.286. The van der Waals surface area contributed by atoms with Gasteiger partial charge in [-0.1, -0.05) is 18.2 Å². The number of fused-ring (bicyclic) bond motifs is 1. The van der Waals surface area contributed by atoms with Gasteiger partial charge in [0.25, 0.3) is 0 Å². The average Bonchev–Trinajstić information content (AvgIpc) is 3.27. The Morgan fingerprint density at radius 2 is 1.96 bits per heavy atom. The maximum Gasteiger partial charge on any atom is 0.225 e. The number of nitrogens with one attached hydrogen (secondary N) is 1. The highest BCUT2D eigenvalue weighted by Gasteiger charge is 2.33. The number of amides is 2. The summed E-state index contributed by atoms with van der Waals surface area (Å²) in [6, 6.07) is 14.0.